The zero-order valence-corrected chi connectivity index (χ0v) is 17.6. The largest absolute Gasteiger partial charge is 0.493 e. The van der Waals surface area contributed by atoms with E-state index in [-0.39, 0.29) is 31.3 Å². The molecule has 2 aromatic carbocycles. The molecule has 0 saturated carbocycles. The van der Waals surface area contributed by atoms with Crippen molar-refractivity contribution in [3.63, 3.8) is 0 Å². The van der Waals surface area contributed by atoms with Crippen molar-refractivity contribution < 1.29 is 23.9 Å². The minimum absolute atomic E-state index is 0.0735. The van der Waals surface area contributed by atoms with Crippen molar-refractivity contribution >= 4 is 17.7 Å². The highest BCUT2D eigenvalue weighted by Crippen LogP contribution is 2.35. The van der Waals surface area contributed by atoms with Gasteiger partial charge in [0.1, 0.15) is 6.04 Å². The van der Waals surface area contributed by atoms with E-state index in [2.05, 4.69) is 0 Å². The first-order valence-electron chi connectivity index (χ1n) is 10.1. The van der Waals surface area contributed by atoms with E-state index in [1.54, 1.807) is 25.2 Å². The Hall–Kier alpha value is -3.55. The molecule has 2 aliphatic heterocycles. The van der Waals surface area contributed by atoms with Crippen LogP contribution in [-0.2, 0) is 29.1 Å². The molecule has 0 aromatic heterocycles. The van der Waals surface area contributed by atoms with E-state index < -0.39 is 11.9 Å². The predicted molar refractivity (Wildman–Crippen MR) is 113 cm³/mol. The molecule has 0 fully saturated rings. The number of nitrogens with two attached hydrogens (primary N) is 1. The van der Waals surface area contributed by atoms with Gasteiger partial charge < -0.3 is 25.0 Å². The van der Waals surface area contributed by atoms with Crippen molar-refractivity contribution in [3.8, 4) is 11.5 Å². The number of methoxy groups -OCH3 is 2. The summed E-state index contributed by atoms with van der Waals surface area (Å²) in [7, 11) is 3.10. The summed E-state index contributed by atoms with van der Waals surface area (Å²) in [5.74, 6) is 0.282. The fraction of sp³-hybridized carbons (Fsp3) is 0.348. The van der Waals surface area contributed by atoms with E-state index >= 15 is 0 Å². The molecule has 8 heteroatoms. The summed E-state index contributed by atoms with van der Waals surface area (Å²) in [5.41, 5.74) is 9.04. The first-order valence-corrected chi connectivity index (χ1v) is 10.1. The summed E-state index contributed by atoms with van der Waals surface area (Å²) in [5, 5.41) is 0. The molecular weight excluding hydrogens is 398 g/mol. The van der Waals surface area contributed by atoms with Gasteiger partial charge in [-0.05, 0) is 34.9 Å². The number of rotatable bonds is 6. The van der Waals surface area contributed by atoms with Crippen LogP contribution in [0.5, 0.6) is 11.5 Å². The molecule has 2 aromatic rings. The molecule has 3 amide bonds. The molecule has 1 unspecified atom stereocenters. The maximum atomic E-state index is 13.1. The van der Waals surface area contributed by atoms with Gasteiger partial charge in [0, 0.05) is 38.0 Å². The van der Waals surface area contributed by atoms with Crippen molar-refractivity contribution in [1.29, 1.82) is 0 Å². The maximum Gasteiger partial charge on any atom is 0.254 e. The molecule has 2 N–H and O–H groups in total. The monoisotopic (exact) mass is 423 g/mol. The van der Waals surface area contributed by atoms with E-state index in [1.807, 2.05) is 30.3 Å². The van der Waals surface area contributed by atoms with Gasteiger partial charge >= 0.3 is 0 Å². The number of ether oxygens (including phenoxy) is 2. The third-order valence-corrected chi connectivity index (χ3v) is 5.98. The van der Waals surface area contributed by atoms with Crippen LogP contribution in [-0.4, -0.2) is 54.3 Å². The molecule has 0 radical (unpaired) electrons. The second-order valence-corrected chi connectivity index (χ2v) is 7.75. The molecule has 0 spiro atoms. The zero-order chi connectivity index (χ0) is 22.1. The molecule has 0 bridgehead atoms. The molecule has 1 atom stereocenters. The number of primary amides is 1. The van der Waals surface area contributed by atoms with Crippen molar-refractivity contribution in [2.45, 2.75) is 32.0 Å². The predicted octanol–water partition coefficient (Wildman–Crippen LogP) is 1.49. The molecule has 0 saturated heterocycles. The minimum atomic E-state index is -0.746. The Kier molecular flexibility index (Phi) is 5.54. The molecule has 0 aliphatic carbocycles. The van der Waals surface area contributed by atoms with Crippen molar-refractivity contribution in [2.24, 2.45) is 5.73 Å². The Bertz CT molecular complexity index is 1050. The normalized spacial score (nSPS) is 17.2. The van der Waals surface area contributed by atoms with Crippen LogP contribution < -0.4 is 15.2 Å². The average Bonchev–Trinajstić information content (AvgIpc) is 3.11. The zero-order valence-electron chi connectivity index (χ0n) is 17.6. The van der Waals surface area contributed by atoms with Gasteiger partial charge in [0.2, 0.25) is 11.8 Å². The first-order chi connectivity index (χ1) is 14.9. The standard InChI is InChI=1S/C23H25N3O5/c1-30-19-10-15-9-18(22(24)28)26(13-16(15)11-20(19)31-2)21(27)7-8-25-12-14-5-3-4-6-17(14)23(25)29/h3-6,10-11,18H,7-9,12-13H2,1-2H3,(H2,24,28). The smallest absolute Gasteiger partial charge is 0.254 e. The topological polar surface area (TPSA) is 102 Å². The molecule has 8 nitrogen and oxygen atoms in total. The quantitative estimate of drug-likeness (QED) is 0.758. The molecule has 2 heterocycles. The van der Waals surface area contributed by atoms with Crippen LogP contribution in [0.15, 0.2) is 36.4 Å². The third kappa shape index (κ3) is 3.81. The van der Waals surface area contributed by atoms with Gasteiger partial charge in [-0.25, -0.2) is 0 Å². The van der Waals surface area contributed by atoms with Crippen LogP contribution in [0.1, 0.15) is 33.5 Å². The second kappa shape index (κ2) is 8.29. The lowest BCUT2D eigenvalue weighted by Gasteiger charge is -2.36. The van der Waals surface area contributed by atoms with E-state index in [0.29, 0.717) is 30.0 Å². The van der Waals surface area contributed by atoms with Crippen LogP contribution >= 0.6 is 0 Å². The van der Waals surface area contributed by atoms with Gasteiger partial charge in [0.15, 0.2) is 11.5 Å². The van der Waals surface area contributed by atoms with Gasteiger partial charge in [-0.2, -0.15) is 0 Å². The number of benzene rings is 2. The minimum Gasteiger partial charge on any atom is -0.493 e. The summed E-state index contributed by atoms with van der Waals surface area (Å²) in [4.78, 5) is 40.9. The Morgan fingerprint density at radius 2 is 1.71 bits per heavy atom. The van der Waals surface area contributed by atoms with E-state index in [4.69, 9.17) is 15.2 Å². The Balaban J connectivity index is 1.50. The Morgan fingerprint density at radius 3 is 2.35 bits per heavy atom. The van der Waals surface area contributed by atoms with Crippen LogP contribution in [0.25, 0.3) is 0 Å². The molecule has 2 aliphatic rings. The van der Waals surface area contributed by atoms with Gasteiger partial charge in [0.25, 0.3) is 5.91 Å². The first kappa shape index (κ1) is 20.7. The van der Waals surface area contributed by atoms with Gasteiger partial charge in [-0.3, -0.25) is 14.4 Å². The lowest BCUT2D eigenvalue weighted by molar-refractivity contribution is -0.140. The third-order valence-electron chi connectivity index (χ3n) is 5.98. The lowest BCUT2D eigenvalue weighted by atomic mass is 9.92. The maximum absolute atomic E-state index is 13.1. The van der Waals surface area contributed by atoms with Crippen LogP contribution in [0.3, 0.4) is 0 Å². The number of hydrogen-bond donors (Lipinski definition) is 1. The van der Waals surface area contributed by atoms with E-state index in [9.17, 15) is 14.4 Å². The van der Waals surface area contributed by atoms with E-state index in [0.717, 1.165) is 16.7 Å². The number of nitrogens with zero attached hydrogens (tertiary/aromatic N) is 2. The van der Waals surface area contributed by atoms with Crippen molar-refractivity contribution in [2.75, 3.05) is 20.8 Å². The van der Waals surface area contributed by atoms with E-state index in [1.165, 1.54) is 4.90 Å². The van der Waals surface area contributed by atoms with Crippen LogP contribution in [0.4, 0.5) is 0 Å². The highest BCUT2D eigenvalue weighted by molar-refractivity contribution is 5.98. The Morgan fingerprint density at radius 1 is 1.03 bits per heavy atom. The highest BCUT2D eigenvalue weighted by atomic mass is 16.5. The van der Waals surface area contributed by atoms with Crippen LogP contribution in [0, 0.1) is 0 Å². The average molecular weight is 423 g/mol. The van der Waals surface area contributed by atoms with Gasteiger partial charge in [-0.15, -0.1) is 0 Å². The summed E-state index contributed by atoms with van der Waals surface area (Å²) in [6.07, 6.45) is 0.428. The number of amides is 3. The summed E-state index contributed by atoms with van der Waals surface area (Å²) in [6, 6.07) is 10.3. The summed E-state index contributed by atoms with van der Waals surface area (Å²) >= 11 is 0. The van der Waals surface area contributed by atoms with Gasteiger partial charge in [-0.1, -0.05) is 18.2 Å². The highest BCUT2D eigenvalue weighted by Gasteiger charge is 2.35. The molecule has 4 rings (SSSR count). The Labute approximate surface area is 180 Å². The number of carbonyl (C=O) groups excluding carboxylic acids is 3. The van der Waals surface area contributed by atoms with Gasteiger partial charge in [0.05, 0.1) is 14.2 Å². The SMILES string of the molecule is COc1cc2c(cc1OC)CN(C(=O)CCN1Cc3ccccc3C1=O)C(C(N)=O)C2. The summed E-state index contributed by atoms with van der Waals surface area (Å²) in [6.45, 7) is 1.02. The molecule has 162 valence electrons. The molecular formula is C23H25N3O5. The number of hydrogen-bond acceptors (Lipinski definition) is 5. The van der Waals surface area contributed by atoms with Crippen molar-refractivity contribution in [1.82, 2.24) is 9.80 Å². The molecule has 31 heavy (non-hydrogen) atoms. The lowest BCUT2D eigenvalue weighted by Crippen LogP contribution is -2.51. The fourth-order valence-corrected chi connectivity index (χ4v) is 4.30. The number of fused-ring (bicyclic) bond motifs is 2. The van der Waals surface area contributed by atoms with Crippen molar-refractivity contribution in [3.05, 3.63) is 58.7 Å². The fourth-order valence-electron chi connectivity index (χ4n) is 4.30. The second-order valence-electron chi connectivity index (χ2n) is 7.75. The number of carbonyl (C=O) groups is 3. The summed E-state index contributed by atoms with van der Waals surface area (Å²) < 4.78 is 10.7. The van der Waals surface area contributed by atoms with Crippen LogP contribution in [0.2, 0.25) is 0 Å².